The first-order valence-electron chi connectivity index (χ1n) is 4.14. The Morgan fingerprint density at radius 3 is 2.69 bits per heavy atom. The van der Waals surface area contributed by atoms with Crippen LogP contribution >= 0.6 is 0 Å². The lowest BCUT2D eigenvalue weighted by atomic mass is 10.1. The zero-order valence-electron chi connectivity index (χ0n) is 7.82. The number of aromatic hydroxyl groups is 1. The second kappa shape index (κ2) is 4.25. The van der Waals surface area contributed by atoms with Gasteiger partial charge in [0, 0.05) is 18.2 Å². The van der Waals surface area contributed by atoms with Crippen molar-refractivity contribution >= 4 is 0 Å². The van der Waals surface area contributed by atoms with E-state index in [4.69, 9.17) is 4.74 Å². The van der Waals surface area contributed by atoms with Crippen molar-refractivity contribution in [1.29, 1.82) is 0 Å². The summed E-state index contributed by atoms with van der Waals surface area (Å²) in [5, 5.41) is 18.9. The van der Waals surface area contributed by atoms with Crippen LogP contribution in [0.4, 0.5) is 0 Å². The Labute approximate surface area is 77.6 Å². The second-order valence-corrected chi connectivity index (χ2v) is 2.96. The lowest BCUT2D eigenvalue weighted by Crippen LogP contribution is -1.96. The van der Waals surface area contributed by atoms with Crippen molar-refractivity contribution in [3.63, 3.8) is 0 Å². The number of aliphatic hydroxyl groups is 1. The molecule has 0 saturated heterocycles. The summed E-state index contributed by atoms with van der Waals surface area (Å²) in [5.74, 6) is 0.124. The number of phenolic OH excluding ortho intramolecular Hbond substituents is 1. The van der Waals surface area contributed by atoms with Gasteiger partial charge in [-0.1, -0.05) is 18.2 Å². The number of phenols is 1. The maximum absolute atomic E-state index is 9.65. The Bertz CT molecular complexity index is 281. The van der Waals surface area contributed by atoms with Crippen molar-refractivity contribution in [3.8, 4) is 5.75 Å². The van der Waals surface area contributed by atoms with E-state index in [2.05, 4.69) is 0 Å². The molecule has 1 aromatic rings. The average Bonchev–Trinajstić information content (AvgIpc) is 2.08. The lowest BCUT2D eigenvalue weighted by Gasteiger charge is -2.10. The first-order valence-corrected chi connectivity index (χ1v) is 4.14. The summed E-state index contributed by atoms with van der Waals surface area (Å²) in [4.78, 5) is 0. The molecule has 3 nitrogen and oxygen atoms in total. The second-order valence-electron chi connectivity index (χ2n) is 2.96. The molecule has 13 heavy (non-hydrogen) atoms. The molecule has 0 spiro atoms. The predicted octanol–water partition coefficient (Wildman–Crippen LogP) is 1.59. The number of ether oxygens (including phenoxy) is 1. The highest BCUT2D eigenvalue weighted by molar-refractivity contribution is 5.40. The number of benzene rings is 1. The van der Waals surface area contributed by atoms with Crippen LogP contribution < -0.4 is 0 Å². The fraction of sp³-hybridized carbons (Fsp3) is 0.400. The number of hydrogen-bond acceptors (Lipinski definition) is 3. The number of para-hydroxylation sites is 1. The fourth-order valence-corrected chi connectivity index (χ4v) is 1.22. The van der Waals surface area contributed by atoms with E-state index in [0.717, 1.165) is 0 Å². The normalized spacial score (nSPS) is 12.8. The highest BCUT2D eigenvalue weighted by Gasteiger charge is 2.10. The minimum atomic E-state index is -0.656. The van der Waals surface area contributed by atoms with Gasteiger partial charge in [0.05, 0.1) is 12.7 Å². The Balaban J connectivity index is 3.03. The zero-order valence-corrected chi connectivity index (χ0v) is 7.82. The maximum atomic E-state index is 9.65. The molecule has 1 aromatic carbocycles. The highest BCUT2D eigenvalue weighted by atomic mass is 16.5. The Morgan fingerprint density at radius 1 is 1.46 bits per heavy atom. The van der Waals surface area contributed by atoms with Gasteiger partial charge >= 0.3 is 0 Å². The molecular formula is C10H14O3. The lowest BCUT2D eigenvalue weighted by molar-refractivity contribution is 0.177. The standard InChI is InChI=1S/C10H14O3/c1-7(11)9-5-3-4-8(6-13-2)10(9)12/h3-5,7,11-12H,6H2,1-2H3. The van der Waals surface area contributed by atoms with Crippen LogP contribution in [0.15, 0.2) is 18.2 Å². The molecule has 0 bridgehead atoms. The molecule has 1 rings (SSSR count). The van der Waals surface area contributed by atoms with Crippen molar-refractivity contribution in [1.82, 2.24) is 0 Å². The molecule has 0 aliphatic carbocycles. The molecule has 0 aliphatic heterocycles. The molecule has 1 unspecified atom stereocenters. The van der Waals surface area contributed by atoms with Crippen LogP contribution in [0.5, 0.6) is 5.75 Å². The minimum Gasteiger partial charge on any atom is -0.507 e. The molecule has 0 heterocycles. The molecule has 0 radical (unpaired) electrons. The number of methoxy groups -OCH3 is 1. The van der Waals surface area contributed by atoms with Crippen LogP contribution in [0.3, 0.4) is 0 Å². The Kier molecular flexibility index (Phi) is 3.28. The van der Waals surface area contributed by atoms with Gasteiger partial charge in [-0.2, -0.15) is 0 Å². The third-order valence-electron chi connectivity index (χ3n) is 1.90. The summed E-state index contributed by atoms with van der Waals surface area (Å²) in [6.07, 6.45) is -0.656. The van der Waals surface area contributed by atoms with E-state index in [-0.39, 0.29) is 5.75 Å². The number of rotatable bonds is 3. The summed E-state index contributed by atoms with van der Waals surface area (Å²) in [6.45, 7) is 1.97. The monoisotopic (exact) mass is 182 g/mol. The van der Waals surface area contributed by atoms with Crippen molar-refractivity contribution < 1.29 is 14.9 Å². The van der Waals surface area contributed by atoms with E-state index in [1.54, 1.807) is 32.2 Å². The average molecular weight is 182 g/mol. The first kappa shape index (κ1) is 10.0. The zero-order chi connectivity index (χ0) is 9.84. The third-order valence-corrected chi connectivity index (χ3v) is 1.90. The smallest absolute Gasteiger partial charge is 0.126 e. The van der Waals surface area contributed by atoms with Gasteiger partial charge in [0.1, 0.15) is 5.75 Å². The van der Waals surface area contributed by atoms with Gasteiger partial charge in [-0.05, 0) is 6.92 Å². The SMILES string of the molecule is COCc1cccc(C(C)O)c1O. The molecule has 72 valence electrons. The van der Waals surface area contributed by atoms with Crippen molar-refractivity contribution in [2.45, 2.75) is 19.6 Å². The Hall–Kier alpha value is -1.06. The fourth-order valence-electron chi connectivity index (χ4n) is 1.22. The van der Waals surface area contributed by atoms with Crippen molar-refractivity contribution in [2.75, 3.05) is 7.11 Å². The van der Waals surface area contributed by atoms with Gasteiger partial charge in [0.2, 0.25) is 0 Å². The third kappa shape index (κ3) is 2.20. The van der Waals surface area contributed by atoms with Gasteiger partial charge in [-0.25, -0.2) is 0 Å². The molecule has 1 atom stereocenters. The molecule has 0 fully saturated rings. The van der Waals surface area contributed by atoms with Gasteiger partial charge in [0.15, 0.2) is 0 Å². The van der Waals surface area contributed by atoms with Gasteiger partial charge < -0.3 is 14.9 Å². The molecule has 0 aromatic heterocycles. The molecule has 3 heteroatoms. The van der Waals surface area contributed by atoms with Crippen LogP contribution in [0.25, 0.3) is 0 Å². The summed E-state index contributed by atoms with van der Waals surface area (Å²) >= 11 is 0. The van der Waals surface area contributed by atoms with E-state index in [1.165, 1.54) is 0 Å². The predicted molar refractivity (Wildman–Crippen MR) is 49.5 cm³/mol. The van der Waals surface area contributed by atoms with Crippen molar-refractivity contribution in [3.05, 3.63) is 29.3 Å². The van der Waals surface area contributed by atoms with Gasteiger partial charge in [-0.15, -0.1) is 0 Å². The topological polar surface area (TPSA) is 49.7 Å². The van der Waals surface area contributed by atoms with E-state index >= 15 is 0 Å². The maximum Gasteiger partial charge on any atom is 0.126 e. The van der Waals surface area contributed by atoms with Gasteiger partial charge in [0.25, 0.3) is 0 Å². The minimum absolute atomic E-state index is 0.124. The molecule has 0 saturated carbocycles. The summed E-state index contributed by atoms with van der Waals surface area (Å²) in [5.41, 5.74) is 1.23. The summed E-state index contributed by atoms with van der Waals surface area (Å²) in [6, 6.07) is 5.25. The van der Waals surface area contributed by atoms with E-state index in [1.807, 2.05) is 0 Å². The van der Waals surface area contributed by atoms with Gasteiger partial charge in [-0.3, -0.25) is 0 Å². The summed E-state index contributed by atoms with van der Waals surface area (Å²) in [7, 11) is 1.56. The number of aliphatic hydroxyl groups excluding tert-OH is 1. The van der Waals surface area contributed by atoms with Crippen LogP contribution in [0.2, 0.25) is 0 Å². The molecule has 2 N–H and O–H groups in total. The number of hydrogen-bond donors (Lipinski definition) is 2. The van der Waals surface area contributed by atoms with E-state index < -0.39 is 6.10 Å². The van der Waals surface area contributed by atoms with Crippen LogP contribution in [-0.4, -0.2) is 17.3 Å². The summed E-state index contributed by atoms with van der Waals surface area (Å²) < 4.78 is 4.90. The quantitative estimate of drug-likeness (QED) is 0.746. The van der Waals surface area contributed by atoms with Crippen LogP contribution in [0.1, 0.15) is 24.2 Å². The highest BCUT2D eigenvalue weighted by Crippen LogP contribution is 2.27. The van der Waals surface area contributed by atoms with E-state index in [9.17, 15) is 10.2 Å². The molecule has 0 amide bonds. The molecular weight excluding hydrogens is 168 g/mol. The van der Waals surface area contributed by atoms with Crippen LogP contribution in [-0.2, 0) is 11.3 Å². The first-order chi connectivity index (χ1) is 6.16. The van der Waals surface area contributed by atoms with Crippen LogP contribution in [0, 0.1) is 0 Å². The molecule has 0 aliphatic rings. The Morgan fingerprint density at radius 2 is 2.15 bits per heavy atom. The van der Waals surface area contributed by atoms with Crippen molar-refractivity contribution in [2.24, 2.45) is 0 Å². The largest absolute Gasteiger partial charge is 0.507 e. The van der Waals surface area contributed by atoms with E-state index in [0.29, 0.717) is 17.7 Å².